The number of carbonyl (C=O) groups is 3. The zero-order chi connectivity index (χ0) is 24.2. The van der Waals surface area contributed by atoms with Crippen LogP contribution in [0.3, 0.4) is 0 Å². The molecule has 0 bridgehead atoms. The molecule has 0 heterocycles. The fourth-order valence-electron chi connectivity index (χ4n) is 3.80. The third-order valence-corrected chi connectivity index (χ3v) is 5.34. The second-order valence-corrected chi connectivity index (χ2v) is 7.89. The van der Waals surface area contributed by atoms with Gasteiger partial charge in [0.15, 0.2) is 0 Å². The molecule has 1 aliphatic carbocycles. The van der Waals surface area contributed by atoms with E-state index in [9.17, 15) is 27.6 Å². The molecule has 7 nitrogen and oxygen atoms in total. The van der Waals surface area contributed by atoms with Crippen LogP contribution in [-0.4, -0.2) is 48.4 Å². The summed E-state index contributed by atoms with van der Waals surface area (Å²) in [6.07, 6.45) is -6.77. The number of hydrogen-bond donors (Lipinski definition) is 3. The number of hydrogen-bond acceptors (Lipinski definition) is 4. The summed E-state index contributed by atoms with van der Waals surface area (Å²) < 4.78 is 45.2. The van der Waals surface area contributed by atoms with Gasteiger partial charge in [0.25, 0.3) is 5.91 Å². The number of carboxylic acids is 1. The Hall–Kier alpha value is -3.56. The Morgan fingerprint density at radius 3 is 2.09 bits per heavy atom. The number of ether oxygens (including phenoxy) is 1. The normalized spacial score (nSPS) is 14.5. The first kappa shape index (κ1) is 24.1. The Balaban J connectivity index is 1.63. The molecule has 33 heavy (non-hydrogen) atoms. The van der Waals surface area contributed by atoms with Gasteiger partial charge >= 0.3 is 18.2 Å². The molecule has 0 aromatic heterocycles. The van der Waals surface area contributed by atoms with E-state index in [2.05, 4.69) is 0 Å². The van der Waals surface area contributed by atoms with Gasteiger partial charge < -0.3 is 20.5 Å². The summed E-state index contributed by atoms with van der Waals surface area (Å²) in [4.78, 5) is 34.9. The van der Waals surface area contributed by atoms with E-state index in [1.807, 2.05) is 53.8 Å². The van der Waals surface area contributed by atoms with E-state index in [-0.39, 0.29) is 25.5 Å². The number of carbonyl (C=O) groups excluding carboxylic acids is 2. The first-order valence-corrected chi connectivity index (χ1v) is 10.3. The van der Waals surface area contributed by atoms with E-state index < -0.39 is 36.1 Å². The number of nitrogens with one attached hydrogen (secondary N) is 2. The van der Waals surface area contributed by atoms with Crippen LogP contribution in [0.25, 0.3) is 11.1 Å². The number of carboxylic acid groups (broad SMARTS) is 1. The minimum absolute atomic E-state index is 0.207. The summed E-state index contributed by atoms with van der Waals surface area (Å²) in [5.74, 6) is -3.57. The SMILES string of the molecule is CC(CNC(=O)C(NC(=O)OCC1c2ccccc2-c2ccccc21)C(F)(F)F)CC(=O)O. The molecule has 2 unspecified atom stereocenters. The average molecular weight is 464 g/mol. The van der Waals surface area contributed by atoms with Crippen LogP contribution in [0.15, 0.2) is 48.5 Å². The number of benzene rings is 2. The summed E-state index contributed by atoms with van der Waals surface area (Å²) in [6, 6.07) is 12.1. The van der Waals surface area contributed by atoms with Crippen molar-refractivity contribution in [2.75, 3.05) is 13.2 Å². The molecule has 0 saturated heterocycles. The van der Waals surface area contributed by atoms with E-state index >= 15 is 0 Å². The van der Waals surface area contributed by atoms with Crippen molar-refractivity contribution in [2.24, 2.45) is 5.92 Å². The van der Waals surface area contributed by atoms with E-state index in [1.54, 1.807) is 5.32 Å². The number of halogens is 3. The zero-order valence-electron chi connectivity index (χ0n) is 17.7. The molecule has 1 aliphatic rings. The van der Waals surface area contributed by atoms with Crippen molar-refractivity contribution >= 4 is 18.0 Å². The molecule has 0 radical (unpaired) electrons. The summed E-state index contributed by atoms with van der Waals surface area (Å²) in [7, 11) is 0. The van der Waals surface area contributed by atoms with Crippen molar-refractivity contribution in [3.8, 4) is 11.1 Å². The van der Waals surface area contributed by atoms with Gasteiger partial charge in [-0.2, -0.15) is 13.2 Å². The number of rotatable bonds is 8. The molecule has 0 spiro atoms. The third-order valence-electron chi connectivity index (χ3n) is 5.34. The molecule has 3 rings (SSSR count). The van der Waals surface area contributed by atoms with Gasteiger partial charge in [-0.05, 0) is 28.2 Å². The number of fused-ring (bicyclic) bond motifs is 3. The van der Waals surface area contributed by atoms with Crippen LogP contribution in [0, 0.1) is 5.92 Å². The first-order valence-electron chi connectivity index (χ1n) is 10.3. The average Bonchev–Trinajstić information content (AvgIpc) is 3.07. The molecular formula is C23H23F3N2O5. The minimum Gasteiger partial charge on any atom is -0.481 e. The Bertz CT molecular complexity index is 995. The molecule has 10 heteroatoms. The molecule has 3 N–H and O–H groups in total. The molecular weight excluding hydrogens is 441 g/mol. The molecule has 0 fully saturated rings. The molecule has 0 aliphatic heterocycles. The largest absolute Gasteiger partial charge is 0.481 e. The van der Waals surface area contributed by atoms with Crippen LogP contribution < -0.4 is 10.6 Å². The van der Waals surface area contributed by atoms with Crippen molar-refractivity contribution < 1.29 is 37.4 Å². The van der Waals surface area contributed by atoms with Gasteiger partial charge in [-0.1, -0.05) is 55.5 Å². The highest BCUT2D eigenvalue weighted by Crippen LogP contribution is 2.44. The lowest BCUT2D eigenvalue weighted by Gasteiger charge is -2.22. The van der Waals surface area contributed by atoms with E-state index in [1.165, 1.54) is 6.92 Å². The van der Waals surface area contributed by atoms with Crippen LogP contribution in [-0.2, 0) is 14.3 Å². The van der Waals surface area contributed by atoms with Crippen LogP contribution in [0.2, 0.25) is 0 Å². The second-order valence-electron chi connectivity index (χ2n) is 7.89. The van der Waals surface area contributed by atoms with E-state index in [0.29, 0.717) is 0 Å². The number of amides is 2. The number of aliphatic carboxylic acids is 1. The van der Waals surface area contributed by atoms with Gasteiger partial charge in [0.1, 0.15) is 6.61 Å². The lowest BCUT2D eigenvalue weighted by atomic mass is 9.98. The highest BCUT2D eigenvalue weighted by Gasteiger charge is 2.46. The number of alkyl halides is 3. The predicted molar refractivity (Wildman–Crippen MR) is 112 cm³/mol. The monoisotopic (exact) mass is 464 g/mol. The zero-order valence-corrected chi connectivity index (χ0v) is 17.7. The van der Waals surface area contributed by atoms with Gasteiger partial charge in [-0.15, -0.1) is 0 Å². The fourth-order valence-corrected chi connectivity index (χ4v) is 3.80. The van der Waals surface area contributed by atoms with Crippen molar-refractivity contribution in [2.45, 2.75) is 31.5 Å². The van der Waals surface area contributed by atoms with E-state index in [0.717, 1.165) is 22.3 Å². The van der Waals surface area contributed by atoms with Gasteiger partial charge in [0.05, 0.1) is 0 Å². The minimum atomic E-state index is -5.06. The Morgan fingerprint density at radius 2 is 1.58 bits per heavy atom. The summed E-state index contributed by atoms with van der Waals surface area (Å²) in [6.45, 7) is 0.974. The van der Waals surface area contributed by atoms with Crippen molar-refractivity contribution in [1.82, 2.24) is 10.6 Å². The molecule has 2 atom stereocenters. The Labute approximate surface area is 187 Å². The second kappa shape index (κ2) is 9.93. The lowest BCUT2D eigenvalue weighted by molar-refractivity contribution is -0.167. The maximum Gasteiger partial charge on any atom is 0.417 e. The predicted octanol–water partition coefficient (Wildman–Crippen LogP) is 3.68. The van der Waals surface area contributed by atoms with Crippen LogP contribution in [0.5, 0.6) is 0 Å². The van der Waals surface area contributed by atoms with Gasteiger partial charge in [0.2, 0.25) is 6.04 Å². The first-order chi connectivity index (χ1) is 15.6. The fraction of sp³-hybridized carbons (Fsp3) is 0.348. The van der Waals surface area contributed by atoms with Crippen LogP contribution in [0.1, 0.15) is 30.4 Å². The smallest absolute Gasteiger partial charge is 0.417 e. The lowest BCUT2D eigenvalue weighted by Crippen LogP contribution is -2.55. The highest BCUT2D eigenvalue weighted by molar-refractivity contribution is 5.86. The van der Waals surface area contributed by atoms with Crippen LogP contribution in [0.4, 0.5) is 18.0 Å². The number of alkyl carbamates (subject to hydrolysis) is 1. The molecule has 2 amide bonds. The third kappa shape index (κ3) is 5.82. The van der Waals surface area contributed by atoms with Crippen molar-refractivity contribution in [1.29, 1.82) is 0 Å². The highest BCUT2D eigenvalue weighted by atomic mass is 19.4. The maximum atomic E-state index is 13.4. The quantitative estimate of drug-likeness (QED) is 0.553. The molecule has 176 valence electrons. The van der Waals surface area contributed by atoms with Gasteiger partial charge in [-0.3, -0.25) is 9.59 Å². The van der Waals surface area contributed by atoms with Crippen LogP contribution >= 0.6 is 0 Å². The van der Waals surface area contributed by atoms with Crippen molar-refractivity contribution in [3.05, 3.63) is 59.7 Å². The summed E-state index contributed by atoms with van der Waals surface area (Å²) in [5, 5.41) is 12.3. The molecule has 2 aromatic carbocycles. The summed E-state index contributed by atoms with van der Waals surface area (Å²) in [5.41, 5.74) is 3.71. The molecule has 0 saturated carbocycles. The van der Waals surface area contributed by atoms with Gasteiger partial charge in [0, 0.05) is 18.9 Å². The maximum absolute atomic E-state index is 13.4. The topological polar surface area (TPSA) is 105 Å². The molecule has 2 aromatic rings. The van der Waals surface area contributed by atoms with Crippen molar-refractivity contribution in [3.63, 3.8) is 0 Å². The standard InChI is InChI=1S/C23H23F3N2O5/c1-13(10-19(29)30)11-27-21(31)20(23(24,25)26)28-22(32)33-12-18-16-8-4-2-6-14(16)15-7-3-5-9-17(15)18/h2-9,13,18,20H,10-12H2,1H3,(H,27,31)(H,28,32)(H,29,30). The van der Waals surface area contributed by atoms with Gasteiger partial charge in [-0.25, -0.2) is 4.79 Å². The summed E-state index contributed by atoms with van der Waals surface area (Å²) >= 11 is 0. The Morgan fingerprint density at radius 1 is 1.03 bits per heavy atom. The van der Waals surface area contributed by atoms with E-state index in [4.69, 9.17) is 9.84 Å². The Kier molecular flexibility index (Phi) is 7.25.